The lowest BCUT2D eigenvalue weighted by atomic mass is 9.77. The quantitative estimate of drug-likeness (QED) is 0.858. The first-order valence-electron chi connectivity index (χ1n) is 8.84. The zero-order valence-corrected chi connectivity index (χ0v) is 14.2. The normalized spacial score (nSPS) is 22.4. The summed E-state index contributed by atoms with van der Waals surface area (Å²) in [6.07, 6.45) is 1.34. The molecule has 0 amide bonds. The molecule has 26 heavy (non-hydrogen) atoms. The van der Waals surface area contributed by atoms with E-state index in [4.69, 9.17) is 18.9 Å². The van der Waals surface area contributed by atoms with Gasteiger partial charge >= 0.3 is 0 Å². The van der Waals surface area contributed by atoms with Crippen LogP contribution in [-0.4, -0.2) is 37.0 Å². The second kappa shape index (κ2) is 6.07. The highest BCUT2D eigenvalue weighted by Crippen LogP contribution is 2.46. The van der Waals surface area contributed by atoms with E-state index in [0.717, 1.165) is 45.3 Å². The van der Waals surface area contributed by atoms with Crippen molar-refractivity contribution in [1.29, 1.82) is 0 Å². The summed E-state index contributed by atoms with van der Waals surface area (Å²) in [7, 11) is 0. The van der Waals surface area contributed by atoms with Crippen molar-refractivity contribution < 1.29 is 29.2 Å². The summed E-state index contributed by atoms with van der Waals surface area (Å²) in [6.45, 7) is 0.488. The van der Waals surface area contributed by atoms with Crippen molar-refractivity contribution in [2.75, 3.05) is 26.8 Å². The molecule has 6 nitrogen and oxygen atoms in total. The molecule has 0 spiro atoms. The number of hydrogen-bond acceptors (Lipinski definition) is 6. The molecule has 0 unspecified atom stereocenters. The molecule has 0 bridgehead atoms. The summed E-state index contributed by atoms with van der Waals surface area (Å²) in [5.41, 5.74) is 4.26. The van der Waals surface area contributed by atoms with E-state index < -0.39 is 0 Å². The van der Waals surface area contributed by atoms with Crippen molar-refractivity contribution in [2.24, 2.45) is 11.8 Å². The molecule has 2 heterocycles. The van der Waals surface area contributed by atoms with Crippen LogP contribution in [0, 0.1) is 11.8 Å². The van der Waals surface area contributed by atoms with Crippen molar-refractivity contribution in [3.05, 3.63) is 35.4 Å². The Balaban J connectivity index is 1.73. The maximum absolute atomic E-state index is 9.92. The van der Waals surface area contributed by atoms with Gasteiger partial charge in [-0.25, -0.2) is 0 Å². The Morgan fingerprint density at radius 1 is 0.654 bits per heavy atom. The molecular formula is C20H20O6. The predicted molar refractivity (Wildman–Crippen MR) is 92.7 cm³/mol. The number of aliphatic hydroxyl groups excluding tert-OH is 2. The highest BCUT2D eigenvalue weighted by atomic mass is 16.7. The average molecular weight is 356 g/mol. The Hall–Kier alpha value is -2.44. The van der Waals surface area contributed by atoms with Crippen LogP contribution in [0.1, 0.15) is 11.1 Å². The minimum Gasteiger partial charge on any atom is -0.454 e. The van der Waals surface area contributed by atoms with Crippen LogP contribution in [0.5, 0.6) is 23.0 Å². The van der Waals surface area contributed by atoms with E-state index in [-0.39, 0.29) is 38.6 Å². The molecule has 0 radical (unpaired) electrons. The van der Waals surface area contributed by atoms with Gasteiger partial charge in [-0.15, -0.1) is 0 Å². The number of fused-ring (bicyclic) bond motifs is 5. The molecule has 3 aliphatic rings. The molecule has 0 saturated carbocycles. The van der Waals surface area contributed by atoms with Gasteiger partial charge in [0.25, 0.3) is 0 Å². The smallest absolute Gasteiger partial charge is 0.231 e. The minimum absolute atomic E-state index is 0.0268. The summed E-state index contributed by atoms with van der Waals surface area (Å²) in [5, 5.41) is 19.8. The average Bonchev–Trinajstić information content (AvgIpc) is 3.29. The van der Waals surface area contributed by atoms with E-state index >= 15 is 0 Å². The SMILES string of the molecule is OC[C@@H]1Cc2cc3c(cc2-c2cc4c(cc2C[C@H]1CO)OCO4)OCO3. The maximum Gasteiger partial charge on any atom is 0.231 e. The van der Waals surface area contributed by atoms with Crippen LogP contribution in [0.3, 0.4) is 0 Å². The van der Waals surface area contributed by atoms with Crippen LogP contribution in [-0.2, 0) is 12.8 Å². The van der Waals surface area contributed by atoms with Crippen LogP contribution in [0.25, 0.3) is 11.1 Å². The largest absolute Gasteiger partial charge is 0.454 e. The zero-order valence-electron chi connectivity index (χ0n) is 14.2. The third kappa shape index (κ3) is 2.40. The Labute approximate surface area is 150 Å². The molecule has 0 saturated heterocycles. The molecule has 136 valence electrons. The molecule has 2 N–H and O–H groups in total. The minimum atomic E-state index is -0.0299. The molecule has 2 aromatic rings. The molecular weight excluding hydrogens is 336 g/mol. The second-order valence-corrected chi connectivity index (χ2v) is 7.02. The lowest BCUT2D eigenvalue weighted by Crippen LogP contribution is -2.27. The Bertz CT molecular complexity index is 790. The van der Waals surface area contributed by atoms with Crippen molar-refractivity contribution in [3.63, 3.8) is 0 Å². The van der Waals surface area contributed by atoms with Crippen LogP contribution in [0.4, 0.5) is 0 Å². The summed E-state index contributed by atoms with van der Waals surface area (Å²) in [5.74, 6) is 2.85. The lowest BCUT2D eigenvalue weighted by molar-refractivity contribution is 0.119. The molecule has 2 aromatic carbocycles. The van der Waals surface area contributed by atoms with Gasteiger partial charge in [0.15, 0.2) is 23.0 Å². The third-order valence-corrected chi connectivity index (χ3v) is 5.59. The van der Waals surface area contributed by atoms with Gasteiger partial charge in [-0.05, 0) is 71.2 Å². The molecule has 0 fully saturated rings. The van der Waals surface area contributed by atoms with Crippen LogP contribution >= 0.6 is 0 Å². The lowest BCUT2D eigenvalue weighted by Gasteiger charge is -2.29. The first-order valence-corrected chi connectivity index (χ1v) is 8.84. The fourth-order valence-electron chi connectivity index (χ4n) is 4.13. The fourth-order valence-corrected chi connectivity index (χ4v) is 4.13. The van der Waals surface area contributed by atoms with E-state index in [2.05, 4.69) is 0 Å². The summed E-state index contributed by atoms with van der Waals surface area (Å²) < 4.78 is 22.2. The van der Waals surface area contributed by atoms with Crippen molar-refractivity contribution in [3.8, 4) is 34.1 Å². The van der Waals surface area contributed by atoms with E-state index in [1.165, 1.54) is 0 Å². The number of ether oxygens (including phenoxy) is 4. The second-order valence-electron chi connectivity index (χ2n) is 7.02. The van der Waals surface area contributed by atoms with Gasteiger partial charge in [0, 0.05) is 13.2 Å². The van der Waals surface area contributed by atoms with Crippen LogP contribution < -0.4 is 18.9 Å². The summed E-state index contributed by atoms with van der Waals surface area (Å²) in [4.78, 5) is 0. The van der Waals surface area contributed by atoms with E-state index in [9.17, 15) is 10.2 Å². The number of aliphatic hydroxyl groups is 2. The van der Waals surface area contributed by atoms with E-state index in [1.54, 1.807) is 0 Å². The number of hydrogen-bond donors (Lipinski definition) is 2. The van der Waals surface area contributed by atoms with Crippen molar-refractivity contribution >= 4 is 0 Å². The van der Waals surface area contributed by atoms with Crippen molar-refractivity contribution in [1.82, 2.24) is 0 Å². The van der Waals surface area contributed by atoms with Crippen LogP contribution in [0.2, 0.25) is 0 Å². The van der Waals surface area contributed by atoms with Gasteiger partial charge in [0.05, 0.1) is 0 Å². The predicted octanol–water partition coefficient (Wildman–Crippen LogP) is 2.13. The Kier molecular flexibility index (Phi) is 3.69. The van der Waals surface area contributed by atoms with Crippen molar-refractivity contribution in [2.45, 2.75) is 12.8 Å². The first kappa shape index (κ1) is 15.8. The fraction of sp³-hybridized carbons (Fsp3) is 0.400. The van der Waals surface area contributed by atoms with Gasteiger partial charge in [0.2, 0.25) is 13.6 Å². The zero-order chi connectivity index (χ0) is 17.7. The molecule has 6 heteroatoms. The first-order chi connectivity index (χ1) is 12.8. The van der Waals surface area contributed by atoms with Gasteiger partial charge < -0.3 is 29.2 Å². The van der Waals surface area contributed by atoms with Crippen LogP contribution in [0.15, 0.2) is 24.3 Å². The highest BCUT2D eigenvalue weighted by Gasteiger charge is 2.30. The maximum atomic E-state index is 9.92. The highest BCUT2D eigenvalue weighted by molar-refractivity contribution is 5.77. The summed E-state index contributed by atoms with van der Waals surface area (Å²) in [6, 6.07) is 8.00. The summed E-state index contributed by atoms with van der Waals surface area (Å²) >= 11 is 0. The molecule has 2 aliphatic heterocycles. The standard InChI is InChI=1S/C20H20O6/c21-7-13-1-11-3-17-19(25-9-23-17)5-15(11)16-6-20-18(24-10-26-20)4-12(16)2-14(13)8-22/h3-6,13-14,21-22H,1-2,7-10H2/t13-,14-/m0/s1. The number of benzene rings is 2. The molecule has 1 aliphatic carbocycles. The Morgan fingerprint density at radius 2 is 1.04 bits per heavy atom. The van der Waals surface area contributed by atoms with Gasteiger partial charge in [-0.3, -0.25) is 0 Å². The topological polar surface area (TPSA) is 77.4 Å². The number of rotatable bonds is 2. The van der Waals surface area contributed by atoms with Gasteiger partial charge in [-0.1, -0.05) is 0 Å². The third-order valence-electron chi connectivity index (χ3n) is 5.59. The van der Waals surface area contributed by atoms with E-state index in [0.29, 0.717) is 12.8 Å². The van der Waals surface area contributed by atoms with E-state index in [1.807, 2.05) is 24.3 Å². The molecule has 0 aromatic heterocycles. The van der Waals surface area contributed by atoms with Gasteiger partial charge in [0.1, 0.15) is 0 Å². The van der Waals surface area contributed by atoms with Gasteiger partial charge in [-0.2, -0.15) is 0 Å². The monoisotopic (exact) mass is 356 g/mol. The Morgan fingerprint density at radius 3 is 1.42 bits per heavy atom. The molecule has 2 atom stereocenters. The molecule has 5 rings (SSSR count).